The van der Waals surface area contributed by atoms with E-state index in [9.17, 15) is 18.0 Å². The Balaban J connectivity index is 1.26. The van der Waals surface area contributed by atoms with Crippen molar-refractivity contribution >= 4 is 39.3 Å². The summed E-state index contributed by atoms with van der Waals surface area (Å²) in [4.78, 5) is 32.7. The van der Waals surface area contributed by atoms with Crippen molar-refractivity contribution in [3.63, 3.8) is 0 Å². The van der Waals surface area contributed by atoms with E-state index >= 15 is 0 Å². The van der Waals surface area contributed by atoms with E-state index in [0.29, 0.717) is 55.3 Å². The summed E-state index contributed by atoms with van der Waals surface area (Å²) in [5.74, 6) is 0.000811. The van der Waals surface area contributed by atoms with Crippen LogP contribution in [0.1, 0.15) is 50.7 Å². The van der Waals surface area contributed by atoms with Crippen LogP contribution >= 0.6 is 11.6 Å². The summed E-state index contributed by atoms with van der Waals surface area (Å²) >= 11 is 6.44. The Bertz CT molecular complexity index is 1790. The number of anilines is 1. The maximum atomic E-state index is 13.6. The van der Waals surface area contributed by atoms with Crippen LogP contribution in [0.3, 0.4) is 0 Å². The molecule has 2 bridgehead atoms. The van der Waals surface area contributed by atoms with E-state index in [0.717, 1.165) is 32.1 Å². The van der Waals surface area contributed by atoms with E-state index in [1.807, 2.05) is 26.2 Å². The molecule has 2 fully saturated rings. The molecule has 3 aliphatic heterocycles. The minimum absolute atomic E-state index is 0.0321. The van der Waals surface area contributed by atoms with Gasteiger partial charge in [-0.15, -0.1) is 0 Å². The van der Waals surface area contributed by atoms with Gasteiger partial charge in [-0.2, -0.15) is 0 Å². The van der Waals surface area contributed by atoms with E-state index in [2.05, 4.69) is 26.7 Å². The van der Waals surface area contributed by atoms with Crippen LogP contribution in [0, 0.1) is 11.8 Å². The molecule has 50 heavy (non-hydrogen) atoms. The normalized spacial score (nSPS) is 29.1. The second kappa shape index (κ2) is 13.3. The molecular weight excluding hydrogens is 680 g/mol. The van der Waals surface area contributed by atoms with Gasteiger partial charge in [-0.3, -0.25) is 4.79 Å². The zero-order chi connectivity index (χ0) is 35.4. The van der Waals surface area contributed by atoms with Gasteiger partial charge in [0, 0.05) is 48.6 Å². The molecule has 3 heterocycles. The molecule has 0 unspecified atom stereocenters. The number of likely N-dealkylation sites (N-methyl/N-ethyl adjacent to an activating group) is 1. The van der Waals surface area contributed by atoms with Gasteiger partial charge in [-0.1, -0.05) is 23.7 Å². The zero-order valence-corrected chi connectivity index (χ0v) is 30.8. The Labute approximate surface area is 299 Å². The molecule has 1 saturated heterocycles. The zero-order valence-electron chi connectivity index (χ0n) is 29.2. The lowest BCUT2D eigenvalue weighted by Crippen LogP contribution is -2.60. The number of rotatable bonds is 2. The van der Waals surface area contributed by atoms with Crippen LogP contribution in [0.25, 0.3) is 0 Å². The molecule has 13 heteroatoms. The molecular formula is C37H47ClN4O7S. The fourth-order valence-electron chi connectivity index (χ4n) is 8.00. The number of carbonyl (C=O) groups excluding carboxylic acids is 2. The molecule has 2 aliphatic carbocycles. The van der Waals surface area contributed by atoms with Crippen LogP contribution in [0.5, 0.6) is 5.75 Å². The van der Waals surface area contributed by atoms with Crippen molar-refractivity contribution < 1.29 is 32.2 Å². The van der Waals surface area contributed by atoms with Crippen LogP contribution in [-0.4, -0.2) is 101 Å². The molecule has 2 amide bonds. The van der Waals surface area contributed by atoms with Crippen molar-refractivity contribution in [1.82, 2.24) is 14.5 Å². The Kier molecular flexibility index (Phi) is 9.36. The molecule has 270 valence electrons. The first-order valence-corrected chi connectivity index (χ1v) is 19.4. The van der Waals surface area contributed by atoms with E-state index in [4.69, 9.17) is 25.8 Å². The summed E-state index contributed by atoms with van der Waals surface area (Å²) < 4.78 is 48.2. The predicted molar refractivity (Wildman–Crippen MR) is 190 cm³/mol. The first kappa shape index (κ1) is 35.1. The average Bonchev–Trinajstić information content (AvgIpc) is 3.16. The molecule has 0 radical (unpaired) electrons. The van der Waals surface area contributed by atoms with Crippen molar-refractivity contribution in [2.75, 3.05) is 58.4 Å². The number of aryl methyl sites for hydroxylation is 1. The average molecular weight is 727 g/mol. The van der Waals surface area contributed by atoms with Crippen LogP contribution in [0.15, 0.2) is 53.4 Å². The number of hydrogen-bond acceptors (Lipinski definition) is 9. The highest BCUT2D eigenvalue weighted by Crippen LogP contribution is 2.47. The molecule has 2 aromatic carbocycles. The van der Waals surface area contributed by atoms with Gasteiger partial charge in [-0.05, 0) is 113 Å². The number of fused-ring (bicyclic) bond motifs is 4. The lowest BCUT2D eigenvalue weighted by atomic mass is 9.68. The Morgan fingerprint density at radius 3 is 2.64 bits per heavy atom. The van der Waals surface area contributed by atoms with Gasteiger partial charge in [0.2, 0.25) is 0 Å². The van der Waals surface area contributed by atoms with Gasteiger partial charge < -0.3 is 28.9 Å². The Hall–Kier alpha value is -3.32. The minimum Gasteiger partial charge on any atom is -0.490 e. The Morgan fingerprint density at radius 2 is 1.90 bits per heavy atom. The van der Waals surface area contributed by atoms with Gasteiger partial charge in [-0.25, -0.2) is 17.9 Å². The molecule has 0 aromatic heterocycles. The topological polar surface area (TPSA) is 118 Å². The number of hydrogen-bond donors (Lipinski definition) is 1. The Morgan fingerprint density at radius 1 is 1.10 bits per heavy atom. The van der Waals surface area contributed by atoms with E-state index < -0.39 is 27.6 Å². The van der Waals surface area contributed by atoms with Gasteiger partial charge >= 0.3 is 6.09 Å². The highest BCUT2D eigenvalue weighted by molar-refractivity contribution is 7.90. The van der Waals surface area contributed by atoms with Crippen LogP contribution in [-0.2, 0) is 36.1 Å². The smallest absolute Gasteiger partial charge is 0.410 e. The third-order valence-electron chi connectivity index (χ3n) is 11.4. The predicted octanol–water partition coefficient (Wildman–Crippen LogP) is 4.76. The largest absolute Gasteiger partial charge is 0.490 e. The summed E-state index contributed by atoms with van der Waals surface area (Å²) in [7, 11) is -0.220. The quantitative estimate of drug-likeness (QED) is 0.438. The van der Waals surface area contributed by atoms with Gasteiger partial charge in [0.1, 0.15) is 17.5 Å². The van der Waals surface area contributed by atoms with Crippen molar-refractivity contribution in [1.29, 1.82) is 0 Å². The number of benzene rings is 2. The fourth-order valence-corrected chi connectivity index (χ4v) is 9.32. The molecule has 7 rings (SSSR count). The van der Waals surface area contributed by atoms with Crippen LogP contribution in [0.4, 0.5) is 10.5 Å². The lowest BCUT2D eigenvalue weighted by Gasteiger charge is -2.47. The minimum atomic E-state index is -4.24. The first-order valence-electron chi connectivity index (χ1n) is 17.6. The molecule has 1 saturated carbocycles. The second-order valence-corrected chi connectivity index (χ2v) is 17.4. The number of amides is 2. The number of likely N-dealkylation sites (tertiary alicyclic amines) is 1. The van der Waals surface area contributed by atoms with Crippen LogP contribution in [0.2, 0.25) is 5.02 Å². The summed E-state index contributed by atoms with van der Waals surface area (Å²) in [5, 5.41) is 0.704. The number of ether oxygens (including phenoxy) is 3. The molecule has 5 aliphatic rings. The third-order valence-corrected chi connectivity index (χ3v) is 13.0. The molecule has 4 atom stereocenters. The number of sulfonamides is 1. The third kappa shape index (κ3) is 6.71. The van der Waals surface area contributed by atoms with Crippen LogP contribution < -0.4 is 14.4 Å². The standard InChI is InChI=1S/C37H47ClN4O7S/c1-36(2)34(43)39-50(45,46)28-11-14-33-31(18-28)42(22-37(23-47-33)15-5-7-24-17-26(38)10-13-30(24)37)19-25-9-12-29(25)32(8-6-16-48-36)49-35(44)41-20-27(21-41)40(3)4/h6,8,10-11,13-14,17-18,25,27,29,32H,5,7,9,12,15-16,19-23H2,1-4H3,(H,39,43)/t25-,29+,32-,37-/m0/s1. The fraction of sp³-hybridized carbons (Fsp3) is 0.568. The second-order valence-electron chi connectivity index (χ2n) is 15.3. The monoisotopic (exact) mass is 726 g/mol. The van der Waals surface area contributed by atoms with E-state index in [1.54, 1.807) is 23.1 Å². The van der Waals surface area contributed by atoms with Gasteiger partial charge in [0.25, 0.3) is 15.9 Å². The van der Waals surface area contributed by atoms with Crippen molar-refractivity contribution in [3.8, 4) is 5.75 Å². The van der Waals surface area contributed by atoms with Gasteiger partial charge in [0.15, 0.2) is 0 Å². The van der Waals surface area contributed by atoms with E-state index in [1.165, 1.54) is 31.0 Å². The summed E-state index contributed by atoms with van der Waals surface area (Å²) in [5.41, 5.74) is 1.28. The maximum Gasteiger partial charge on any atom is 0.410 e. The SMILES string of the molecule is CN(C)C1CN(C(=O)O[C@H]2C=CCOC(C)(C)C(=O)NS(=O)(=O)c3ccc4c(c3)N(C[C@@H]3CC[C@H]32)C[C@@]2(CCCc3cc(Cl)ccc32)CO4)C1. The van der Waals surface area contributed by atoms with Crippen molar-refractivity contribution in [2.45, 2.75) is 74.0 Å². The van der Waals surface area contributed by atoms with Crippen molar-refractivity contribution in [2.24, 2.45) is 11.8 Å². The summed E-state index contributed by atoms with van der Waals surface area (Å²) in [6, 6.07) is 11.2. The van der Waals surface area contributed by atoms with Crippen molar-refractivity contribution in [3.05, 3.63) is 64.7 Å². The molecule has 1 spiro atoms. The molecule has 11 nitrogen and oxygen atoms in total. The lowest BCUT2D eigenvalue weighted by molar-refractivity contribution is -0.139. The maximum absolute atomic E-state index is 13.6. The number of nitrogens with one attached hydrogen (secondary N) is 1. The number of halogens is 1. The van der Waals surface area contributed by atoms with E-state index in [-0.39, 0.29) is 34.8 Å². The molecule has 1 N–H and O–H groups in total. The summed E-state index contributed by atoms with van der Waals surface area (Å²) in [6.07, 6.45) is 7.43. The molecule has 2 aromatic rings. The number of nitrogens with zero attached hydrogens (tertiary/aromatic N) is 3. The highest BCUT2D eigenvalue weighted by atomic mass is 35.5. The number of carbonyl (C=O) groups is 2. The van der Waals surface area contributed by atoms with Gasteiger partial charge in [0.05, 0.1) is 23.8 Å². The summed E-state index contributed by atoms with van der Waals surface area (Å²) in [6.45, 7) is 5.97. The highest BCUT2D eigenvalue weighted by Gasteiger charge is 2.46. The first-order chi connectivity index (χ1) is 23.7.